The number of anilines is 2. The molecule has 2 rings (SSSR count). The van der Waals surface area contributed by atoms with Gasteiger partial charge in [-0.25, -0.2) is 4.98 Å². The van der Waals surface area contributed by atoms with E-state index in [-0.39, 0.29) is 21.6 Å². The van der Waals surface area contributed by atoms with Crippen LogP contribution >= 0.6 is 39.1 Å². The number of carbonyl (C=O) groups is 1. The summed E-state index contributed by atoms with van der Waals surface area (Å²) in [6, 6.07) is 6.42. The van der Waals surface area contributed by atoms with Crippen molar-refractivity contribution in [2.45, 2.75) is 0 Å². The van der Waals surface area contributed by atoms with Crippen molar-refractivity contribution in [2.24, 2.45) is 0 Å². The summed E-state index contributed by atoms with van der Waals surface area (Å²) in [6.45, 7) is 0. The molecular weight excluding hydrogens is 353 g/mol. The lowest BCUT2D eigenvalue weighted by Gasteiger charge is -2.08. The van der Waals surface area contributed by atoms with Crippen molar-refractivity contribution in [1.29, 1.82) is 0 Å². The maximum atomic E-state index is 12.1. The van der Waals surface area contributed by atoms with E-state index in [9.17, 15) is 4.79 Å². The first kappa shape index (κ1) is 14.1. The number of nitrogen functional groups attached to an aromatic ring is 1. The van der Waals surface area contributed by atoms with E-state index in [0.717, 1.165) is 0 Å². The van der Waals surface area contributed by atoms with Gasteiger partial charge in [0.2, 0.25) is 0 Å². The number of benzene rings is 1. The van der Waals surface area contributed by atoms with Crippen LogP contribution in [0.2, 0.25) is 10.0 Å². The molecule has 1 aromatic heterocycles. The molecule has 1 heterocycles. The van der Waals surface area contributed by atoms with Crippen LogP contribution in [0.25, 0.3) is 0 Å². The van der Waals surface area contributed by atoms with Crippen molar-refractivity contribution in [3.05, 3.63) is 50.5 Å². The van der Waals surface area contributed by atoms with E-state index in [1.165, 1.54) is 12.1 Å². The molecule has 0 radical (unpaired) electrons. The molecule has 0 unspecified atom stereocenters. The largest absolute Gasteiger partial charge is 0.396 e. The second-order valence-electron chi connectivity index (χ2n) is 3.64. The highest BCUT2D eigenvalue weighted by Gasteiger charge is 2.13. The van der Waals surface area contributed by atoms with E-state index in [2.05, 4.69) is 26.2 Å². The molecule has 0 saturated carbocycles. The Labute approximate surface area is 128 Å². The third-order valence-corrected chi connectivity index (χ3v) is 3.60. The fraction of sp³-hybridized carbons (Fsp3) is 0. The van der Waals surface area contributed by atoms with Gasteiger partial charge in [-0.15, -0.1) is 0 Å². The molecule has 1 amide bonds. The molecule has 4 nitrogen and oxygen atoms in total. The monoisotopic (exact) mass is 359 g/mol. The molecule has 19 heavy (non-hydrogen) atoms. The van der Waals surface area contributed by atoms with Crippen LogP contribution < -0.4 is 11.1 Å². The minimum absolute atomic E-state index is 0.234. The lowest BCUT2D eigenvalue weighted by molar-refractivity contribution is 0.102. The zero-order valence-corrected chi connectivity index (χ0v) is 12.6. The molecule has 0 aliphatic heterocycles. The summed E-state index contributed by atoms with van der Waals surface area (Å²) < 4.78 is 0.677. The summed E-state index contributed by atoms with van der Waals surface area (Å²) in [6.07, 6.45) is 1.57. The molecule has 0 bridgehead atoms. The molecule has 7 heteroatoms. The summed E-state index contributed by atoms with van der Waals surface area (Å²) in [7, 11) is 0. The number of nitrogens with one attached hydrogen (secondary N) is 1. The molecule has 0 spiro atoms. The molecule has 98 valence electrons. The summed E-state index contributed by atoms with van der Waals surface area (Å²) >= 11 is 15.1. The molecule has 0 saturated heterocycles. The van der Waals surface area contributed by atoms with Gasteiger partial charge in [0, 0.05) is 11.8 Å². The van der Waals surface area contributed by atoms with Crippen LogP contribution in [0.3, 0.4) is 0 Å². The van der Waals surface area contributed by atoms with E-state index >= 15 is 0 Å². The average Bonchev–Trinajstić information content (AvgIpc) is 2.38. The van der Waals surface area contributed by atoms with Gasteiger partial charge in [0.1, 0.15) is 5.82 Å². The highest BCUT2D eigenvalue weighted by molar-refractivity contribution is 9.10. The maximum absolute atomic E-state index is 12.1. The number of carbonyl (C=O) groups excluding carboxylic acids is 1. The molecule has 2 aromatic rings. The number of aromatic nitrogens is 1. The summed E-state index contributed by atoms with van der Waals surface area (Å²) in [5.41, 5.74) is 6.17. The first-order valence-corrected chi connectivity index (χ1v) is 6.70. The Morgan fingerprint density at radius 3 is 2.53 bits per heavy atom. The van der Waals surface area contributed by atoms with Gasteiger partial charge in [-0.2, -0.15) is 0 Å². The Bertz CT molecular complexity index is 626. The van der Waals surface area contributed by atoms with Gasteiger partial charge in [0.25, 0.3) is 5.91 Å². The van der Waals surface area contributed by atoms with Gasteiger partial charge in [0.15, 0.2) is 0 Å². The molecule has 0 fully saturated rings. The van der Waals surface area contributed by atoms with Gasteiger partial charge in [-0.3, -0.25) is 4.79 Å². The van der Waals surface area contributed by atoms with Crippen molar-refractivity contribution in [1.82, 2.24) is 4.98 Å². The average molecular weight is 361 g/mol. The molecule has 0 aliphatic rings. The number of rotatable bonds is 2. The van der Waals surface area contributed by atoms with Crippen LogP contribution in [0.5, 0.6) is 0 Å². The van der Waals surface area contributed by atoms with E-state index in [1.807, 2.05) is 0 Å². The lowest BCUT2D eigenvalue weighted by Crippen LogP contribution is -2.13. The fourth-order valence-electron chi connectivity index (χ4n) is 1.37. The van der Waals surface area contributed by atoms with Crippen LogP contribution in [-0.2, 0) is 0 Å². The summed E-state index contributed by atoms with van der Waals surface area (Å²) in [5.74, 6) is 0.0415. The zero-order valence-electron chi connectivity index (χ0n) is 9.45. The Kier molecular flexibility index (Phi) is 4.29. The van der Waals surface area contributed by atoms with Crippen LogP contribution in [0.4, 0.5) is 11.5 Å². The van der Waals surface area contributed by atoms with E-state index in [4.69, 9.17) is 28.9 Å². The van der Waals surface area contributed by atoms with Gasteiger partial charge in [0.05, 0.1) is 20.2 Å². The second-order valence-corrected chi connectivity index (χ2v) is 5.31. The SMILES string of the molecule is Nc1c(Cl)cc(C(=O)Nc2ncccc2Br)cc1Cl. The number of nitrogens with two attached hydrogens (primary N) is 1. The van der Waals surface area contributed by atoms with Gasteiger partial charge < -0.3 is 11.1 Å². The van der Waals surface area contributed by atoms with Crippen molar-refractivity contribution in [3.8, 4) is 0 Å². The zero-order chi connectivity index (χ0) is 14.0. The minimum atomic E-state index is -0.372. The lowest BCUT2D eigenvalue weighted by atomic mass is 10.2. The second kappa shape index (κ2) is 5.77. The van der Waals surface area contributed by atoms with E-state index < -0.39 is 0 Å². The Balaban J connectivity index is 2.28. The normalized spacial score (nSPS) is 10.3. The fourth-order valence-corrected chi connectivity index (χ4v) is 2.21. The van der Waals surface area contributed by atoms with Crippen LogP contribution in [0, 0.1) is 0 Å². The van der Waals surface area contributed by atoms with E-state index in [0.29, 0.717) is 15.9 Å². The number of hydrogen-bond acceptors (Lipinski definition) is 3. The Morgan fingerprint density at radius 1 is 1.32 bits per heavy atom. The first-order chi connectivity index (χ1) is 8.99. The third kappa shape index (κ3) is 3.18. The maximum Gasteiger partial charge on any atom is 0.256 e. The quantitative estimate of drug-likeness (QED) is 0.795. The molecule has 0 atom stereocenters. The minimum Gasteiger partial charge on any atom is -0.396 e. The number of amides is 1. The van der Waals surface area contributed by atoms with Crippen molar-refractivity contribution in [2.75, 3.05) is 11.1 Å². The first-order valence-electron chi connectivity index (χ1n) is 5.15. The smallest absolute Gasteiger partial charge is 0.256 e. The number of pyridine rings is 1. The molecular formula is C12H8BrCl2N3O. The topological polar surface area (TPSA) is 68.0 Å². The van der Waals surface area contributed by atoms with Crippen LogP contribution in [0.1, 0.15) is 10.4 Å². The predicted molar refractivity (Wildman–Crippen MR) is 80.8 cm³/mol. The number of hydrogen-bond donors (Lipinski definition) is 2. The highest BCUT2D eigenvalue weighted by Crippen LogP contribution is 2.29. The van der Waals surface area contributed by atoms with E-state index in [1.54, 1.807) is 18.3 Å². The standard InChI is InChI=1S/C12H8BrCl2N3O/c13-7-2-1-3-17-11(7)18-12(19)6-4-8(14)10(16)9(15)5-6/h1-5H,16H2,(H,17,18,19). The van der Waals surface area contributed by atoms with Gasteiger partial charge >= 0.3 is 0 Å². The number of halogens is 3. The van der Waals surface area contributed by atoms with Crippen molar-refractivity contribution >= 4 is 56.5 Å². The summed E-state index contributed by atoms with van der Waals surface area (Å²) in [4.78, 5) is 16.1. The van der Waals surface area contributed by atoms with Crippen molar-refractivity contribution < 1.29 is 4.79 Å². The van der Waals surface area contributed by atoms with Gasteiger partial charge in [-0.05, 0) is 40.2 Å². The van der Waals surface area contributed by atoms with Gasteiger partial charge in [-0.1, -0.05) is 23.2 Å². The van der Waals surface area contributed by atoms with Crippen LogP contribution in [-0.4, -0.2) is 10.9 Å². The Morgan fingerprint density at radius 2 is 1.95 bits per heavy atom. The predicted octanol–water partition coefficient (Wildman–Crippen LogP) is 3.99. The number of nitrogens with zero attached hydrogens (tertiary/aromatic N) is 1. The highest BCUT2D eigenvalue weighted by atomic mass is 79.9. The molecule has 0 aliphatic carbocycles. The summed E-state index contributed by atoms with van der Waals surface area (Å²) in [5, 5.41) is 3.11. The molecule has 3 N–H and O–H groups in total. The Hall–Kier alpha value is -1.30. The third-order valence-electron chi connectivity index (χ3n) is 2.33. The van der Waals surface area contributed by atoms with Crippen molar-refractivity contribution in [3.63, 3.8) is 0 Å². The molecule has 1 aromatic carbocycles. The van der Waals surface area contributed by atoms with Crippen LogP contribution in [0.15, 0.2) is 34.9 Å².